The van der Waals surface area contributed by atoms with Crippen LogP contribution in [-0.2, 0) is 19.6 Å². The SMILES string of the molecule is COc1cc(OC)c(C(=O)OCC(=O)Nc2ccc(Cl)c(S(=O)(=O)N(C)C)c2)cc1OC. The molecule has 0 heterocycles. The largest absolute Gasteiger partial charge is 0.496 e. The second-order valence-electron chi connectivity index (χ2n) is 6.46. The molecular weight excluding hydrogens is 464 g/mol. The third kappa shape index (κ3) is 5.61. The van der Waals surface area contributed by atoms with E-state index in [0.29, 0.717) is 5.75 Å². The zero-order valence-corrected chi connectivity index (χ0v) is 19.7. The van der Waals surface area contributed by atoms with Gasteiger partial charge in [-0.25, -0.2) is 17.5 Å². The number of hydrogen-bond donors (Lipinski definition) is 1. The van der Waals surface area contributed by atoms with Gasteiger partial charge < -0.3 is 24.3 Å². The van der Waals surface area contributed by atoms with E-state index >= 15 is 0 Å². The number of benzene rings is 2. The molecule has 0 aliphatic rings. The number of nitrogens with one attached hydrogen (secondary N) is 1. The monoisotopic (exact) mass is 486 g/mol. The van der Waals surface area contributed by atoms with Gasteiger partial charge in [-0.2, -0.15) is 0 Å². The van der Waals surface area contributed by atoms with Gasteiger partial charge in [0, 0.05) is 31.9 Å². The first-order valence-electron chi connectivity index (χ1n) is 9.04. The molecule has 12 heteroatoms. The van der Waals surface area contributed by atoms with Gasteiger partial charge in [0.1, 0.15) is 16.2 Å². The molecular formula is C20H23ClN2O8S. The molecule has 10 nitrogen and oxygen atoms in total. The van der Waals surface area contributed by atoms with Crippen LogP contribution in [0, 0.1) is 0 Å². The Labute approximate surface area is 191 Å². The summed E-state index contributed by atoms with van der Waals surface area (Å²) in [6.45, 7) is -0.630. The normalized spacial score (nSPS) is 11.1. The average molecular weight is 487 g/mol. The molecule has 1 amide bonds. The van der Waals surface area contributed by atoms with Crippen molar-refractivity contribution in [1.82, 2.24) is 4.31 Å². The van der Waals surface area contributed by atoms with E-state index in [9.17, 15) is 18.0 Å². The van der Waals surface area contributed by atoms with Crippen molar-refractivity contribution >= 4 is 39.2 Å². The first-order chi connectivity index (χ1) is 15.0. The van der Waals surface area contributed by atoms with Gasteiger partial charge >= 0.3 is 5.97 Å². The van der Waals surface area contributed by atoms with Crippen LogP contribution >= 0.6 is 11.6 Å². The van der Waals surface area contributed by atoms with Crippen molar-refractivity contribution in [2.24, 2.45) is 0 Å². The molecule has 0 radical (unpaired) electrons. The number of anilines is 1. The van der Waals surface area contributed by atoms with Gasteiger partial charge in [-0.3, -0.25) is 4.79 Å². The van der Waals surface area contributed by atoms with Crippen molar-refractivity contribution in [3.63, 3.8) is 0 Å². The number of carbonyl (C=O) groups is 2. The number of sulfonamides is 1. The van der Waals surface area contributed by atoms with Crippen molar-refractivity contribution in [3.8, 4) is 17.2 Å². The lowest BCUT2D eigenvalue weighted by molar-refractivity contribution is -0.119. The molecule has 0 fully saturated rings. The molecule has 32 heavy (non-hydrogen) atoms. The van der Waals surface area contributed by atoms with Crippen LogP contribution in [0.25, 0.3) is 0 Å². The summed E-state index contributed by atoms with van der Waals surface area (Å²) in [5.74, 6) is -0.715. The average Bonchev–Trinajstić information content (AvgIpc) is 2.77. The molecule has 0 spiro atoms. The zero-order chi connectivity index (χ0) is 24.1. The van der Waals surface area contributed by atoms with Gasteiger partial charge in [0.2, 0.25) is 10.0 Å². The van der Waals surface area contributed by atoms with E-state index in [4.69, 9.17) is 30.5 Å². The Hall–Kier alpha value is -3.02. The van der Waals surface area contributed by atoms with Gasteiger partial charge in [-0.1, -0.05) is 11.6 Å². The van der Waals surface area contributed by atoms with E-state index in [1.54, 1.807) is 0 Å². The number of esters is 1. The lowest BCUT2D eigenvalue weighted by Gasteiger charge is -2.15. The van der Waals surface area contributed by atoms with Gasteiger partial charge in [-0.15, -0.1) is 0 Å². The predicted octanol–water partition coefficient (Wildman–Crippen LogP) is 2.41. The second kappa shape index (κ2) is 10.5. The minimum absolute atomic E-state index is 0.00340. The van der Waals surface area contributed by atoms with Crippen LogP contribution in [0.15, 0.2) is 35.2 Å². The Morgan fingerprint density at radius 3 is 2.12 bits per heavy atom. The highest BCUT2D eigenvalue weighted by molar-refractivity contribution is 7.89. The molecule has 0 unspecified atom stereocenters. The lowest BCUT2D eigenvalue weighted by atomic mass is 10.1. The number of ether oxygens (including phenoxy) is 4. The number of nitrogens with zero attached hydrogens (tertiary/aromatic N) is 1. The maximum absolute atomic E-state index is 12.5. The van der Waals surface area contributed by atoms with Gasteiger partial charge in [0.05, 0.1) is 26.4 Å². The van der Waals surface area contributed by atoms with Crippen molar-refractivity contribution in [3.05, 3.63) is 40.9 Å². The van der Waals surface area contributed by atoms with Crippen LogP contribution < -0.4 is 19.5 Å². The molecule has 0 saturated carbocycles. The highest BCUT2D eigenvalue weighted by Gasteiger charge is 2.22. The number of carbonyl (C=O) groups excluding carboxylic acids is 2. The summed E-state index contributed by atoms with van der Waals surface area (Å²) in [5, 5.41) is 2.47. The maximum Gasteiger partial charge on any atom is 0.342 e. The Balaban J connectivity index is 2.13. The first kappa shape index (κ1) is 25.2. The molecule has 0 aromatic heterocycles. The lowest BCUT2D eigenvalue weighted by Crippen LogP contribution is -2.23. The third-order valence-electron chi connectivity index (χ3n) is 4.23. The van der Waals surface area contributed by atoms with E-state index in [1.165, 1.54) is 65.8 Å². The van der Waals surface area contributed by atoms with Crippen LogP contribution in [0.2, 0.25) is 5.02 Å². The topological polar surface area (TPSA) is 120 Å². The van der Waals surface area contributed by atoms with Crippen LogP contribution in [0.5, 0.6) is 17.2 Å². The van der Waals surface area contributed by atoms with Crippen molar-refractivity contribution < 1.29 is 37.0 Å². The summed E-state index contributed by atoms with van der Waals surface area (Å²) >= 11 is 5.99. The summed E-state index contributed by atoms with van der Waals surface area (Å²) in [6.07, 6.45) is 0. The first-order valence-corrected chi connectivity index (χ1v) is 10.9. The molecule has 0 atom stereocenters. The van der Waals surface area contributed by atoms with Crippen LogP contribution in [-0.4, -0.2) is 66.6 Å². The van der Waals surface area contributed by atoms with E-state index in [2.05, 4.69) is 5.32 Å². The number of methoxy groups -OCH3 is 3. The van der Waals surface area contributed by atoms with Crippen LogP contribution in [0.4, 0.5) is 5.69 Å². The summed E-state index contributed by atoms with van der Waals surface area (Å²) in [4.78, 5) is 24.6. The Bertz CT molecular complexity index is 1120. The minimum atomic E-state index is -3.82. The maximum atomic E-state index is 12.5. The minimum Gasteiger partial charge on any atom is -0.496 e. The molecule has 2 aromatic carbocycles. The quantitative estimate of drug-likeness (QED) is 0.536. The van der Waals surface area contributed by atoms with Gasteiger partial charge in [0.25, 0.3) is 5.91 Å². The summed E-state index contributed by atoms with van der Waals surface area (Å²) in [7, 11) is 3.11. The smallest absolute Gasteiger partial charge is 0.342 e. The van der Waals surface area contributed by atoms with Crippen molar-refractivity contribution in [2.45, 2.75) is 4.90 Å². The van der Waals surface area contributed by atoms with E-state index < -0.39 is 28.5 Å². The summed E-state index contributed by atoms with van der Waals surface area (Å²) in [5.41, 5.74) is 0.198. The molecule has 0 bridgehead atoms. The molecule has 0 aliphatic carbocycles. The zero-order valence-electron chi connectivity index (χ0n) is 18.1. The van der Waals surface area contributed by atoms with Crippen LogP contribution in [0.3, 0.4) is 0 Å². The summed E-state index contributed by atoms with van der Waals surface area (Å²) in [6, 6.07) is 6.81. The number of hydrogen-bond acceptors (Lipinski definition) is 8. The van der Waals surface area contributed by atoms with E-state index in [-0.39, 0.29) is 32.7 Å². The number of halogens is 1. The van der Waals surface area contributed by atoms with E-state index in [0.717, 1.165) is 4.31 Å². The fraction of sp³-hybridized carbons (Fsp3) is 0.300. The molecule has 174 valence electrons. The van der Waals surface area contributed by atoms with E-state index in [1.807, 2.05) is 0 Å². The van der Waals surface area contributed by atoms with Crippen LogP contribution in [0.1, 0.15) is 10.4 Å². The molecule has 1 N–H and O–H groups in total. The third-order valence-corrected chi connectivity index (χ3v) is 6.53. The Kier molecular flexibility index (Phi) is 8.31. The standard InChI is InChI=1S/C20H23ClN2O8S/c1-23(2)32(26,27)18-8-12(6-7-14(18)21)22-19(24)11-31-20(25)13-9-16(29-4)17(30-5)10-15(13)28-3/h6-10H,11H2,1-5H3,(H,22,24). The Morgan fingerprint density at radius 1 is 0.969 bits per heavy atom. The summed E-state index contributed by atoms with van der Waals surface area (Å²) < 4.78 is 46.3. The second-order valence-corrected chi connectivity index (χ2v) is 8.99. The fourth-order valence-electron chi connectivity index (χ4n) is 2.57. The van der Waals surface area contributed by atoms with Gasteiger partial charge in [0.15, 0.2) is 18.1 Å². The van der Waals surface area contributed by atoms with Crippen molar-refractivity contribution in [2.75, 3.05) is 47.3 Å². The number of amides is 1. The fourth-order valence-corrected chi connectivity index (χ4v) is 3.96. The van der Waals surface area contributed by atoms with Gasteiger partial charge in [-0.05, 0) is 18.2 Å². The molecule has 2 aromatic rings. The predicted molar refractivity (Wildman–Crippen MR) is 117 cm³/mol. The van der Waals surface area contributed by atoms with Crippen molar-refractivity contribution in [1.29, 1.82) is 0 Å². The highest BCUT2D eigenvalue weighted by Crippen LogP contribution is 2.35. The number of rotatable bonds is 9. The molecule has 0 saturated heterocycles. The molecule has 0 aliphatic heterocycles. The Morgan fingerprint density at radius 2 is 1.56 bits per heavy atom. The molecule has 2 rings (SSSR count). The highest BCUT2D eigenvalue weighted by atomic mass is 35.5.